The molecule has 0 radical (unpaired) electrons. The van der Waals surface area contributed by atoms with Crippen LogP contribution in [0, 0.1) is 5.92 Å². The third-order valence-electron chi connectivity index (χ3n) is 4.91. The molecule has 0 aromatic rings. The van der Waals surface area contributed by atoms with Crippen LogP contribution in [-0.2, 0) is 28.7 Å². The third kappa shape index (κ3) is 7.61. The van der Waals surface area contributed by atoms with Crippen LogP contribution < -0.4 is 10.6 Å². The Morgan fingerprint density at radius 3 is 2.13 bits per heavy atom. The molecule has 4 atom stereocenters. The van der Waals surface area contributed by atoms with Crippen LogP contribution in [0.5, 0.6) is 0 Å². The molecule has 176 valence electrons. The monoisotopic (exact) mass is 441 g/mol. The van der Waals surface area contributed by atoms with Gasteiger partial charge in [-0.25, -0.2) is 4.79 Å². The first-order chi connectivity index (χ1) is 14.2. The molecule has 1 heterocycles. The fourth-order valence-electron chi connectivity index (χ4n) is 3.56. The van der Waals surface area contributed by atoms with Crippen LogP contribution in [0.15, 0.2) is 0 Å². The molecule has 0 aromatic carbocycles. The molecule has 1 saturated heterocycles. The average Bonchev–Trinajstić information content (AvgIpc) is 3.04. The Labute approximate surface area is 183 Å². The molecule has 1 fully saturated rings. The van der Waals surface area contributed by atoms with Gasteiger partial charge in [0.15, 0.2) is 0 Å². The van der Waals surface area contributed by atoms with Gasteiger partial charge in [-0.3, -0.25) is 19.2 Å². The molecule has 0 aromatic heterocycles. The molecule has 3 N–H and O–H groups in total. The van der Waals surface area contributed by atoms with E-state index in [1.165, 1.54) is 11.8 Å². The number of Topliss-reactive ketones (excluding diaryl/α,β-unsaturated/α-hetero) is 1. The van der Waals surface area contributed by atoms with E-state index in [1.807, 2.05) is 20.8 Å². The van der Waals surface area contributed by atoms with Gasteiger partial charge in [0.05, 0.1) is 17.7 Å². The molecule has 3 amide bonds. The predicted octanol–water partition coefficient (Wildman–Crippen LogP) is 0.480. The first kappa shape index (κ1) is 26.5. The predicted molar refractivity (Wildman–Crippen MR) is 112 cm³/mol. The van der Waals surface area contributed by atoms with E-state index in [0.717, 1.165) is 0 Å². The highest BCUT2D eigenvalue weighted by molar-refractivity contribution is 6.35. The highest BCUT2D eigenvalue weighted by atomic mass is 16.5. The minimum Gasteiger partial charge on any atom is -0.475 e. The van der Waals surface area contributed by atoms with Gasteiger partial charge < -0.3 is 25.4 Å². The third-order valence-corrected chi connectivity index (χ3v) is 4.91. The maximum absolute atomic E-state index is 13.3. The number of nitrogens with zero attached hydrogens (tertiary/aromatic N) is 1. The molecule has 0 spiro atoms. The molecule has 1 aliphatic heterocycles. The number of carbonyl (C=O) groups is 5. The van der Waals surface area contributed by atoms with Crippen LogP contribution in [0.4, 0.5) is 0 Å². The summed E-state index contributed by atoms with van der Waals surface area (Å²) in [5, 5.41) is 14.1. The van der Waals surface area contributed by atoms with Crippen LogP contribution in [0.25, 0.3) is 0 Å². The van der Waals surface area contributed by atoms with Gasteiger partial charge in [0.25, 0.3) is 5.78 Å². The SMILES string of the molecule is CC[C@H](NC(=O)[C@@H]1C[C@@H](OC(C)(C)C)CN1C(=O)[C@@H](NC(C)=O)C(C)C)C(=O)C(=O)O. The van der Waals surface area contributed by atoms with Crippen LogP contribution in [0.2, 0.25) is 0 Å². The molecule has 1 rings (SSSR count). The molecule has 0 aliphatic carbocycles. The zero-order chi connectivity index (χ0) is 24.1. The van der Waals surface area contributed by atoms with Crippen LogP contribution in [0.3, 0.4) is 0 Å². The van der Waals surface area contributed by atoms with Crippen molar-refractivity contribution >= 4 is 29.5 Å². The van der Waals surface area contributed by atoms with Gasteiger partial charge in [0, 0.05) is 19.9 Å². The number of carbonyl (C=O) groups excluding carboxylic acids is 4. The second-order valence-corrected chi connectivity index (χ2v) is 9.16. The summed E-state index contributed by atoms with van der Waals surface area (Å²) >= 11 is 0. The number of likely N-dealkylation sites (tertiary alicyclic amines) is 1. The Morgan fingerprint density at radius 1 is 1.13 bits per heavy atom. The Bertz CT molecular complexity index is 714. The number of ketones is 1. The fraction of sp³-hybridized carbons (Fsp3) is 0.762. The van der Waals surface area contributed by atoms with Crippen molar-refractivity contribution in [1.82, 2.24) is 15.5 Å². The van der Waals surface area contributed by atoms with Gasteiger partial charge in [-0.2, -0.15) is 0 Å². The normalized spacial score (nSPS) is 20.8. The van der Waals surface area contributed by atoms with Crippen molar-refractivity contribution in [3.05, 3.63) is 0 Å². The number of hydrogen-bond donors (Lipinski definition) is 3. The maximum atomic E-state index is 13.3. The first-order valence-electron chi connectivity index (χ1n) is 10.5. The zero-order valence-electron chi connectivity index (χ0n) is 19.4. The molecule has 0 bridgehead atoms. The smallest absolute Gasteiger partial charge is 0.374 e. The number of hydrogen-bond acceptors (Lipinski definition) is 6. The van der Waals surface area contributed by atoms with Crippen molar-refractivity contribution in [2.24, 2.45) is 5.92 Å². The highest BCUT2D eigenvalue weighted by Crippen LogP contribution is 2.26. The van der Waals surface area contributed by atoms with Crippen molar-refractivity contribution in [2.75, 3.05) is 6.54 Å². The Hall–Kier alpha value is -2.49. The van der Waals surface area contributed by atoms with Crippen molar-refractivity contribution in [2.45, 2.75) is 91.1 Å². The maximum Gasteiger partial charge on any atom is 0.374 e. The summed E-state index contributed by atoms with van der Waals surface area (Å²) < 4.78 is 5.98. The summed E-state index contributed by atoms with van der Waals surface area (Å²) in [6.07, 6.45) is -0.141. The number of aliphatic carboxylic acids is 1. The largest absolute Gasteiger partial charge is 0.475 e. The fourth-order valence-corrected chi connectivity index (χ4v) is 3.56. The lowest BCUT2D eigenvalue weighted by molar-refractivity contribution is -0.151. The number of nitrogens with one attached hydrogen (secondary N) is 2. The van der Waals surface area contributed by atoms with E-state index < -0.39 is 53.4 Å². The van der Waals surface area contributed by atoms with Crippen molar-refractivity contribution in [3.8, 4) is 0 Å². The number of ether oxygens (including phenoxy) is 1. The molecule has 10 heteroatoms. The zero-order valence-corrected chi connectivity index (χ0v) is 19.4. The van der Waals surface area contributed by atoms with Gasteiger partial charge in [-0.1, -0.05) is 20.8 Å². The minimum absolute atomic E-state index is 0.0972. The second-order valence-electron chi connectivity index (χ2n) is 9.16. The van der Waals surface area contributed by atoms with E-state index in [4.69, 9.17) is 9.84 Å². The van der Waals surface area contributed by atoms with E-state index in [2.05, 4.69) is 10.6 Å². The van der Waals surface area contributed by atoms with E-state index in [9.17, 15) is 24.0 Å². The Kier molecular flexibility index (Phi) is 9.16. The van der Waals surface area contributed by atoms with Crippen LogP contribution in [-0.4, -0.2) is 75.9 Å². The Balaban J connectivity index is 3.16. The molecule has 10 nitrogen and oxygen atoms in total. The number of carboxylic acids is 1. The Morgan fingerprint density at radius 2 is 1.71 bits per heavy atom. The lowest BCUT2D eigenvalue weighted by Crippen LogP contribution is -2.56. The number of amides is 3. The van der Waals surface area contributed by atoms with E-state index in [0.29, 0.717) is 0 Å². The van der Waals surface area contributed by atoms with Crippen molar-refractivity contribution in [3.63, 3.8) is 0 Å². The van der Waals surface area contributed by atoms with Gasteiger partial charge in [0.2, 0.25) is 17.7 Å². The van der Waals surface area contributed by atoms with Gasteiger partial charge in [-0.15, -0.1) is 0 Å². The van der Waals surface area contributed by atoms with Gasteiger partial charge in [0.1, 0.15) is 12.1 Å². The molecule has 0 saturated carbocycles. The van der Waals surface area contributed by atoms with Crippen LogP contribution in [0.1, 0.15) is 61.3 Å². The summed E-state index contributed by atoms with van der Waals surface area (Å²) in [7, 11) is 0. The number of rotatable bonds is 9. The lowest BCUT2D eigenvalue weighted by atomic mass is 10.0. The molecule has 1 aliphatic rings. The lowest BCUT2D eigenvalue weighted by Gasteiger charge is -2.31. The molecule has 31 heavy (non-hydrogen) atoms. The summed E-state index contributed by atoms with van der Waals surface area (Å²) in [6.45, 7) is 12.2. The van der Waals surface area contributed by atoms with E-state index >= 15 is 0 Å². The first-order valence-corrected chi connectivity index (χ1v) is 10.5. The van der Waals surface area contributed by atoms with Gasteiger partial charge >= 0.3 is 5.97 Å². The standard InChI is InChI=1S/C21H35N3O7/c1-8-14(17(26)20(29)30)23-18(27)15-9-13(31-21(5,6)7)10-24(15)19(28)16(11(2)3)22-12(4)25/h11,13-16H,8-10H2,1-7H3,(H,22,25)(H,23,27)(H,29,30)/t13-,14+,15+,16+/m1/s1. The molecular formula is C21H35N3O7. The van der Waals surface area contributed by atoms with Crippen LogP contribution >= 0.6 is 0 Å². The highest BCUT2D eigenvalue weighted by Gasteiger charge is 2.44. The summed E-state index contributed by atoms with van der Waals surface area (Å²) in [6, 6.07) is -2.98. The van der Waals surface area contributed by atoms with Gasteiger partial charge in [-0.05, 0) is 33.1 Å². The van der Waals surface area contributed by atoms with E-state index in [1.54, 1.807) is 20.8 Å². The average molecular weight is 442 g/mol. The topological polar surface area (TPSA) is 142 Å². The van der Waals surface area contributed by atoms with Crippen molar-refractivity contribution < 1.29 is 33.8 Å². The molecule has 0 unspecified atom stereocenters. The number of carboxylic acid groups (broad SMARTS) is 1. The summed E-state index contributed by atoms with van der Waals surface area (Å²) in [4.78, 5) is 62.1. The minimum atomic E-state index is -1.63. The second kappa shape index (κ2) is 10.7. The van der Waals surface area contributed by atoms with E-state index in [-0.39, 0.29) is 31.2 Å². The quantitative estimate of drug-likeness (QED) is 0.442. The van der Waals surface area contributed by atoms with Crippen molar-refractivity contribution in [1.29, 1.82) is 0 Å². The molecular weight excluding hydrogens is 406 g/mol. The summed E-state index contributed by atoms with van der Waals surface area (Å²) in [5.41, 5.74) is -0.509. The summed E-state index contributed by atoms with van der Waals surface area (Å²) in [5.74, 6) is -4.39.